The molecule has 20 heavy (non-hydrogen) atoms. The van der Waals surface area contributed by atoms with Gasteiger partial charge in [0, 0.05) is 4.47 Å². The van der Waals surface area contributed by atoms with Crippen LogP contribution in [0.5, 0.6) is 5.75 Å². The van der Waals surface area contributed by atoms with Gasteiger partial charge in [-0.2, -0.15) is 0 Å². The summed E-state index contributed by atoms with van der Waals surface area (Å²) in [6, 6.07) is 4.31. The Balaban J connectivity index is 2.30. The van der Waals surface area contributed by atoms with Crippen LogP contribution in [0.2, 0.25) is 0 Å². The number of hydrogen-bond acceptors (Lipinski definition) is 2. The first kappa shape index (κ1) is 17.5. The highest BCUT2D eigenvalue weighted by molar-refractivity contribution is 9.10. The lowest BCUT2D eigenvalue weighted by Gasteiger charge is -2.11. The monoisotopic (exact) mass is 341 g/mol. The maximum Gasteiger partial charge on any atom is 0.122 e. The molecule has 3 heteroatoms. The van der Waals surface area contributed by atoms with Crippen LogP contribution in [0.25, 0.3) is 0 Å². The van der Waals surface area contributed by atoms with Crippen LogP contribution in [0.1, 0.15) is 44.2 Å². The SMILES string of the molecule is COc1cc(C)c(Br)cc1CCCCCNCC(C)C. The fraction of sp³-hybridized carbons (Fsp3) is 0.647. The number of aryl methyl sites for hydroxylation is 2. The van der Waals surface area contributed by atoms with Gasteiger partial charge in [-0.05, 0) is 68.5 Å². The summed E-state index contributed by atoms with van der Waals surface area (Å²) in [6.45, 7) is 8.84. The maximum absolute atomic E-state index is 5.47. The lowest BCUT2D eigenvalue weighted by molar-refractivity contribution is 0.408. The van der Waals surface area contributed by atoms with E-state index in [2.05, 4.69) is 54.2 Å². The Labute approximate surface area is 132 Å². The summed E-state index contributed by atoms with van der Waals surface area (Å²) < 4.78 is 6.64. The van der Waals surface area contributed by atoms with Crippen LogP contribution in [0.3, 0.4) is 0 Å². The summed E-state index contributed by atoms with van der Waals surface area (Å²) in [5, 5.41) is 3.49. The average molecular weight is 342 g/mol. The summed E-state index contributed by atoms with van der Waals surface area (Å²) in [4.78, 5) is 0. The molecule has 1 aromatic carbocycles. The molecular formula is C17H28BrNO. The van der Waals surface area contributed by atoms with Gasteiger partial charge in [0.1, 0.15) is 5.75 Å². The van der Waals surface area contributed by atoms with Gasteiger partial charge in [-0.3, -0.25) is 0 Å². The fourth-order valence-corrected chi connectivity index (χ4v) is 2.61. The predicted molar refractivity (Wildman–Crippen MR) is 90.7 cm³/mol. The quantitative estimate of drug-likeness (QED) is 0.656. The second kappa shape index (κ2) is 9.41. The van der Waals surface area contributed by atoms with Crippen molar-refractivity contribution in [3.8, 4) is 5.75 Å². The first-order chi connectivity index (χ1) is 9.54. The van der Waals surface area contributed by atoms with Gasteiger partial charge in [0.15, 0.2) is 0 Å². The van der Waals surface area contributed by atoms with Crippen molar-refractivity contribution in [1.82, 2.24) is 5.32 Å². The van der Waals surface area contributed by atoms with Crippen molar-refractivity contribution in [3.63, 3.8) is 0 Å². The molecule has 2 nitrogen and oxygen atoms in total. The second-order valence-corrected chi connectivity index (χ2v) is 6.68. The van der Waals surface area contributed by atoms with Gasteiger partial charge in [-0.15, -0.1) is 0 Å². The topological polar surface area (TPSA) is 21.3 Å². The Morgan fingerprint density at radius 3 is 2.60 bits per heavy atom. The molecule has 1 N–H and O–H groups in total. The van der Waals surface area contributed by atoms with E-state index in [1.807, 2.05) is 0 Å². The van der Waals surface area contributed by atoms with Gasteiger partial charge in [0.05, 0.1) is 7.11 Å². The molecule has 1 rings (SSSR count). The average Bonchev–Trinajstić information content (AvgIpc) is 2.40. The number of nitrogens with one attached hydrogen (secondary N) is 1. The van der Waals surface area contributed by atoms with E-state index in [9.17, 15) is 0 Å². The molecule has 0 spiro atoms. The van der Waals surface area contributed by atoms with Crippen LogP contribution in [0.4, 0.5) is 0 Å². The minimum absolute atomic E-state index is 0.740. The van der Waals surface area contributed by atoms with Gasteiger partial charge in [0.2, 0.25) is 0 Å². The molecule has 114 valence electrons. The minimum Gasteiger partial charge on any atom is -0.496 e. The van der Waals surface area contributed by atoms with Crippen molar-refractivity contribution in [3.05, 3.63) is 27.7 Å². The highest BCUT2D eigenvalue weighted by Crippen LogP contribution is 2.28. The highest BCUT2D eigenvalue weighted by Gasteiger charge is 2.06. The number of methoxy groups -OCH3 is 1. The molecule has 0 bridgehead atoms. The molecule has 0 amide bonds. The Hall–Kier alpha value is -0.540. The van der Waals surface area contributed by atoms with Crippen LogP contribution in [0, 0.1) is 12.8 Å². The van der Waals surface area contributed by atoms with Gasteiger partial charge >= 0.3 is 0 Å². The van der Waals surface area contributed by atoms with Crippen LogP contribution in [0.15, 0.2) is 16.6 Å². The van der Waals surface area contributed by atoms with E-state index < -0.39 is 0 Å². The second-order valence-electron chi connectivity index (χ2n) is 5.82. The molecule has 0 aliphatic rings. The molecule has 0 fully saturated rings. The van der Waals surface area contributed by atoms with E-state index in [-0.39, 0.29) is 0 Å². The predicted octanol–water partition coefficient (Wildman–Crippen LogP) is 4.72. The van der Waals surface area contributed by atoms with Crippen molar-refractivity contribution >= 4 is 15.9 Å². The third kappa shape index (κ3) is 6.27. The van der Waals surface area contributed by atoms with Crippen LogP contribution >= 0.6 is 15.9 Å². The molecule has 0 atom stereocenters. The molecule has 0 saturated heterocycles. The van der Waals surface area contributed by atoms with Crippen LogP contribution < -0.4 is 10.1 Å². The van der Waals surface area contributed by atoms with Gasteiger partial charge in [-0.1, -0.05) is 36.2 Å². The van der Waals surface area contributed by atoms with Crippen LogP contribution in [-0.2, 0) is 6.42 Å². The third-order valence-electron chi connectivity index (χ3n) is 3.41. The number of rotatable bonds is 9. The number of ether oxygens (including phenoxy) is 1. The van der Waals surface area contributed by atoms with Gasteiger partial charge < -0.3 is 10.1 Å². The molecule has 0 aliphatic carbocycles. The third-order valence-corrected chi connectivity index (χ3v) is 4.27. The van der Waals surface area contributed by atoms with E-state index >= 15 is 0 Å². The number of hydrogen-bond donors (Lipinski definition) is 1. The fourth-order valence-electron chi connectivity index (χ4n) is 2.21. The number of benzene rings is 1. The Morgan fingerprint density at radius 2 is 1.95 bits per heavy atom. The first-order valence-electron chi connectivity index (χ1n) is 7.58. The minimum atomic E-state index is 0.740. The maximum atomic E-state index is 5.47. The van der Waals surface area contributed by atoms with E-state index in [1.165, 1.54) is 34.9 Å². The van der Waals surface area contributed by atoms with Crippen molar-refractivity contribution in [1.29, 1.82) is 0 Å². The summed E-state index contributed by atoms with van der Waals surface area (Å²) in [6.07, 6.45) is 4.82. The summed E-state index contributed by atoms with van der Waals surface area (Å²) in [5.74, 6) is 1.76. The lowest BCUT2D eigenvalue weighted by Crippen LogP contribution is -2.20. The van der Waals surface area contributed by atoms with E-state index in [1.54, 1.807) is 7.11 Å². The zero-order valence-corrected chi connectivity index (χ0v) is 14.8. The van der Waals surface area contributed by atoms with E-state index in [4.69, 9.17) is 4.74 Å². The molecule has 0 heterocycles. The van der Waals surface area contributed by atoms with E-state index in [0.29, 0.717) is 0 Å². The molecular weight excluding hydrogens is 314 g/mol. The Morgan fingerprint density at radius 1 is 1.20 bits per heavy atom. The van der Waals surface area contributed by atoms with Gasteiger partial charge in [-0.25, -0.2) is 0 Å². The molecule has 0 radical (unpaired) electrons. The standard InChI is InChI=1S/C17H28BrNO/c1-13(2)12-19-9-7-5-6-8-15-11-16(18)14(3)10-17(15)20-4/h10-11,13,19H,5-9,12H2,1-4H3. The van der Waals surface area contributed by atoms with Crippen molar-refractivity contribution in [2.24, 2.45) is 5.92 Å². The summed E-state index contributed by atoms with van der Waals surface area (Å²) >= 11 is 3.60. The molecule has 0 saturated carbocycles. The molecule has 1 aromatic rings. The molecule has 0 unspecified atom stereocenters. The zero-order chi connectivity index (χ0) is 15.0. The first-order valence-corrected chi connectivity index (χ1v) is 8.37. The molecule has 0 aromatic heterocycles. The Bertz CT molecular complexity index is 404. The van der Waals surface area contributed by atoms with Crippen molar-refractivity contribution < 1.29 is 4.74 Å². The number of unbranched alkanes of at least 4 members (excludes halogenated alkanes) is 2. The highest BCUT2D eigenvalue weighted by atomic mass is 79.9. The largest absolute Gasteiger partial charge is 0.496 e. The smallest absolute Gasteiger partial charge is 0.122 e. The van der Waals surface area contributed by atoms with Crippen LogP contribution in [-0.4, -0.2) is 20.2 Å². The Kier molecular flexibility index (Phi) is 8.24. The normalized spacial score (nSPS) is 11.1. The van der Waals surface area contributed by atoms with E-state index in [0.717, 1.165) is 31.2 Å². The summed E-state index contributed by atoms with van der Waals surface area (Å²) in [5.41, 5.74) is 2.53. The summed E-state index contributed by atoms with van der Waals surface area (Å²) in [7, 11) is 1.75. The van der Waals surface area contributed by atoms with Crippen molar-refractivity contribution in [2.45, 2.75) is 46.5 Å². The lowest BCUT2D eigenvalue weighted by atomic mass is 10.0. The molecule has 0 aliphatic heterocycles. The van der Waals surface area contributed by atoms with Crippen molar-refractivity contribution in [2.75, 3.05) is 20.2 Å². The zero-order valence-electron chi connectivity index (χ0n) is 13.3. The number of halogens is 1. The van der Waals surface area contributed by atoms with Gasteiger partial charge in [0.25, 0.3) is 0 Å².